The molecule has 3 rings (SSSR count). The Hall–Kier alpha value is -2.55. The maximum atomic E-state index is 12.6. The number of fused-ring (bicyclic) bond motifs is 1. The summed E-state index contributed by atoms with van der Waals surface area (Å²) < 4.78 is 0. The summed E-state index contributed by atoms with van der Waals surface area (Å²) in [5.74, 6) is 0.255. The van der Waals surface area contributed by atoms with Gasteiger partial charge in [0.1, 0.15) is 5.69 Å². The summed E-state index contributed by atoms with van der Waals surface area (Å²) in [7, 11) is 0. The van der Waals surface area contributed by atoms with Crippen molar-refractivity contribution in [3.8, 4) is 0 Å². The number of anilines is 1. The van der Waals surface area contributed by atoms with Gasteiger partial charge in [0.2, 0.25) is 0 Å². The predicted molar refractivity (Wildman–Crippen MR) is 96.3 cm³/mol. The zero-order valence-corrected chi connectivity index (χ0v) is 14.0. The van der Waals surface area contributed by atoms with Crippen molar-refractivity contribution in [1.82, 2.24) is 4.98 Å². The van der Waals surface area contributed by atoms with Gasteiger partial charge >= 0.3 is 0 Å². The first-order valence-electron chi connectivity index (χ1n) is 7.96. The van der Waals surface area contributed by atoms with Crippen molar-refractivity contribution in [2.24, 2.45) is 0 Å². The lowest BCUT2D eigenvalue weighted by Gasteiger charge is -2.13. The molecule has 3 heteroatoms. The maximum Gasteiger partial charge on any atom is 0.272 e. The van der Waals surface area contributed by atoms with E-state index in [4.69, 9.17) is 0 Å². The largest absolute Gasteiger partial charge is 0.351 e. The molecule has 1 amide bonds. The van der Waals surface area contributed by atoms with Crippen molar-refractivity contribution in [3.05, 3.63) is 64.8 Å². The molecule has 2 N–H and O–H groups in total. The van der Waals surface area contributed by atoms with E-state index in [0.717, 1.165) is 22.2 Å². The fourth-order valence-electron chi connectivity index (χ4n) is 3.03. The van der Waals surface area contributed by atoms with Gasteiger partial charge in [-0.3, -0.25) is 4.79 Å². The minimum Gasteiger partial charge on any atom is -0.351 e. The topological polar surface area (TPSA) is 44.9 Å². The molecule has 2 aromatic carbocycles. The van der Waals surface area contributed by atoms with E-state index >= 15 is 0 Å². The van der Waals surface area contributed by atoms with Crippen LogP contribution in [0.5, 0.6) is 0 Å². The van der Waals surface area contributed by atoms with Gasteiger partial charge in [-0.15, -0.1) is 0 Å². The van der Waals surface area contributed by atoms with Crippen LogP contribution in [0.4, 0.5) is 5.69 Å². The van der Waals surface area contributed by atoms with Gasteiger partial charge in [-0.2, -0.15) is 0 Å². The highest BCUT2D eigenvalue weighted by Gasteiger charge is 2.14. The fraction of sp³-hybridized carbons (Fsp3) is 0.250. The normalized spacial score (nSPS) is 11.2. The van der Waals surface area contributed by atoms with Crippen LogP contribution >= 0.6 is 0 Å². The van der Waals surface area contributed by atoms with Crippen molar-refractivity contribution in [1.29, 1.82) is 0 Å². The number of aromatic amines is 1. The smallest absolute Gasteiger partial charge is 0.272 e. The predicted octanol–water partition coefficient (Wildman–Crippen LogP) is 5.16. The van der Waals surface area contributed by atoms with Crippen LogP contribution < -0.4 is 5.32 Å². The molecule has 0 bridgehead atoms. The van der Waals surface area contributed by atoms with Crippen molar-refractivity contribution in [2.45, 2.75) is 33.6 Å². The molecule has 0 unspecified atom stereocenters. The van der Waals surface area contributed by atoms with Crippen LogP contribution in [-0.4, -0.2) is 10.9 Å². The highest BCUT2D eigenvalue weighted by molar-refractivity contribution is 6.06. The number of aryl methyl sites for hydroxylation is 2. The second kappa shape index (κ2) is 5.92. The van der Waals surface area contributed by atoms with Crippen LogP contribution in [0, 0.1) is 13.8 Å². The first-order valence-corrected chi connectivity index (χ1v) is 7.96. The Morgan fingerprint density at radius 1 is 1.09 bits per heavy atom. The number of para-hydroxylation sites is 1. The Morgan fingerprint density at radius 2 is 1.83 bits per heavy atom. The summed E-state index contributed by atoms with van der Waals surface area (Å²) in [5, 5.41) is 4.13. The number of aromatic nitrogens is 1. The van der Waals surface area contributed by atoms with Crippen molar-refractivity contribution >= 4 is 22.5 Å². The van der Waals surface area contributed by atoms with E-state index in [1.54, 1.807) is 0 Å². The quantitative estimate of drug-likeness (QED) is 0.689. The van der Waals surface area contributed by atoms with Crippen LogP contribution in [0.2, 0.25) is 0 Å². The number of benzene rings is 2. The summed E-state index contributed by atoms with van der Waals surface area (Å²) in [6, 6.07) is 14.1. The third-order valence-corrected chi connectivity index (χ3v) is 4.16. The molecule has 0 saturated heterocycles. The highest BCUT2D eigenvalue weighted by atomic mass is 16.1. The van der Waals surface area contributed by atoms with E-state index in [1.807, 2.05) is 24.3 Å². The van der Waals surface area contributed by atoms with E-state index in [9.17, 15) is 4.79 Å². The van der Waals surface area contributed by atoms with Gasteiger partial charge in [-0.1, -0.05) is 38.1 Å². The lowest BCUT2D eigenvalue weighted by Crippen LogP contribution is -2.13. The van der Waals surface area contributed by atoms with E-state index in [2.05, 4.69) is 56.2 Å². The van der Waals surface area contributed by atoms with Gasteiger partial charge in [-0.25, -0.2) is 0 Å². The summed E-state index contributed by atoms with van der Waals surface area (Å²) in [6.07, 6.45) is 0. The molecule has 0 radical (unpaired) electrons. The number of nitrogens with one attached hydrogen (secondary N) is 2. The van der Waals surface area contributed by atoms with E-state index in [1.165, 1.54) is 11.1 Å². The number of carbonyl (C=O) groups is 1. The lowest BCUT2D eigenvalue weighted by molar-refractivity contribution is 0.102. The number of carbonyl (C=O) groups excluding carboxylic acids is 1. The fourth-order valence-corrected chi connectivity index (χ4v) is 3.03. The Labute approximate surface area is 136 Å². The zero-order valence-electron chi connectivity index (χ0n) is 14.0. The average molecular weight is 306 g/mol. The minimum atomic E-state index is -0.105. The van der Waals surface area contributed by atoms with Gasteiger partial charge in [0.15, 0.2) is 0 Å². The minimum absolute atomic E-state index is 0.105. The van der Waals surface area contributed by atoms with Crippen LogP contribution in [-0.2, 0) is 0 Å². The van der Waals surface area contributed by atoms with Crippen molar-refractivity contribution < 1.29 is 4.79 Å². The number of rotatable bonds is 3. The third kappa shape index (κ3) is 3.00. The van der Waals surface area contributed by atoms with E-state index in [0.29, 0.717) is 11.6 Å². The molecule has 118 valence electrons. The lowest BCUT2D eigenvalue weighted by atomic mass is 10.0. The molecule has 3 nitrogen and oxygen atoms in total. The number of amides is 1. The summed E-state index contributed by atoms with van der Waals surface area (Å²) in [4.78, 5) is 15.8. The van der Waals surface area contributed by atoms with Gasteiger partial charge in [-0.05, 0) is 54.7 Å². The monoisotopic (exact) mass is 306 g/mol. The first kappa shape index (κ1) is 15.3. The molecular formula is C20H22N2O. The molecule has 23 heavy (non-hydrogen) atoms. The molecule has 0 aliphatic carbocycles. The molecule has 3 aromatic rings. The Morgan fingerprint density at radius 3 is 2.57 bits per heavy atom. The Kier molecular flexibility index (Phi) is 3.95. The molecular weight excluding hydrogens is 284 g/mol. The first-order chi connectivity index (χ1) is 11.0. The highest BCUT2D eigenvalue weighted by Crippen LogP contribution is 2.25. The molecule has 0 aliphatic rings. The number of hydrogen-bond acceptors (Lipinski definition) is 1. The Bertz CT molecular complexity index is 874. The van der Waals surface area contributed by atoms with Gasteiger partial charge in [0, 0.05) is 16.6 Å². The van der Waals surface area contributed by atoms with Crippen LogP contribution in [0.3, 0.4) is 0 Å². The molecule has 1 aromatic heterocycles. The number of H-pyrrole nitrogens is 1. The number of hydrogen-bond donors (Lipinski definition) is 2. The van der Waals surface area contributed by atoms with Crippen LogP contribution in [0.1, 0.15) is 46.9 Å². The third-order valence-electron chi connectivity index (χ3n) is 4.16. The summed E-state index contributed by atoms with van der Waals surface area (Å²) >= 11 is 0. The zero-order chi connectivity index (χ0) is 16.6. The van der Waals surface area contributed by atoms with Gasteiger partial charge in [0.05, 0.1) is 0 Å². The average Bonchev–Trinajstić information content (AvgIpc) is 2.92. The SMILES string of the molecule is Cc1cc(C)c2cc(C(=O)Nc3ccccc3C(C)C)[nH]c2c1. The van der Waals surface area contributed by atoms with Crippen LogP contribution in [0.15, 0.2) is 42.5 Å². The molecule has 0 aliphatic heterocycles. The summed E-state index contributed by atoms with van der Waals surface area (Å²) in [6.45, 7) is 8.38. The molecule has 0 atom stereocenters. The molecule has 0 fully saturated rings. The van der Waals surface area contributed by atoms with E-state index < -0.39 is 0 Å². The Balaban J connectivity index is 1.94. The van der Waals surface area contributed by atoms with Gasteiger partial charge < -0.3 is 10.3 Å². The molecule has 1 heterocycles. The second-order valence-electron chi connectivity index (χ2n) is 6.42. The summed E-state index contributed by atoms with van der Waals surface area (Å²) in [5.41, 5.74) is 5.98. The van der Waals surface area contributed by atoms with E-state index in [-0.39, 0.29) is 5.91 Å². The van der Waals surface area contributed by atoms with Crippen LogP contribution in [0.25, 0.3) is 10.9 Å². The standard InChI is InChI=1S/C20H22N2O/c1-12(2)15-7-5-6-8-17(15)22-20(23)19-11-16-14(4)9-13(3)10-18(16)21-19/h5-12,21H,1-4H3,(H,22,23). The molecule has 0 saturated carbocycles. The maximum absolute atomic E-state index is 12.6. The molecule has 0 spiro atoms. The second-order valence-corrected chi connectivity index (χ2v) is 6.42. The van der Waals surface area contributed by atoms with Crippen molar-refractivity contribution in [2.75, 3.05) is 5.32 Å². The van der Waals surface area contributed by atoms with Crippen molar-refractivity contribution in [3.63, 3.8) is 0 Å². The van der Waals surface area contributed by atoms with Gasteiger partial charge in [0.25, 0.3) is 5.91 Å².